The molecule has 1 amide bonds. The van der Waals surface area contributed by atoms with Gasteiger partial charge in [-0.3, -0.25) is 4.79 Å². The second kappa shape index (κ2) is 8.81. The Hall–Kier alpha value is -3.09. The first kappa shape index (κ1) is 20.8. The molecule has 168 valence electrons. The van der Waals surface area contributed by atoms with Crippen molar-refractivity contribution in [3.63, 3.8) is 0 Å². The van der Waals surface area contributed by atoms with Gasteiger partial charge in [0.1, 0.15) is 0 Å². The summed E-state index contributed by atoms with van der Waals surface area (Å²) in [6, 6.07) is 13.0. The van der Waals surface area contributed by atoms with Gasteiger partial charge in [0.25, 0.3) is 0 Å². The number of aryl methyl sites for hydroxylation is 1. The number of para-hydroxylation sites is 1. The highest BCUT2D eigenvalue weighted by atomic mass is 16.2. The Morgan fingerprint density at radius 1 is 0.969 bits per heavy atom. The van der Waals surface area contributed by atoms with E-state index in [2.05, 4.69) is 62.0 Å². The van der Waals surface area contributed by atoms with E-state index >= 15 is 0 Å². The number of piperazine rings is 1. The Morgan fingerprint density at radius 2 is 1.72 bits per heavy atom. The summed E-state index contributed by atoms with van der Waals surface area (Å²) in [5, 5.41) is 10.2. The minimum atomic E-state index is 0.196. The molecule has 3 aromatic rings. The summed E-state index contributed by atoms with van der Waals surface area (Å²) in [7, 11) is 2.04. The molecule has 0 saturated carbocycles. The van der Waals surface area contributed by atoms with Crippen LogP contribution < -0.4 is 9.80 Å². The van der Waals surface area contributed by atoms with Crippen molar-refractivity contribution in [2.24, 2.45) is 7.05 Å². The van der Waals surface area contributed by atoms with Crippen LogP contribution in [0.5, 0.6) is 0 Å². The lowest BCUT2D eigenvalue weighted by Crippen LogP contribution is -2.49. The van der Waals surface area contributed by atoms with Crippen molar-refractivity contribution in [3.8, 4) is 0 Å². The standard InChI is InChI=1S/C25H32N6O/c1-19-7-5-6-12-31(19)24-11-10-23(26-27-24)29-13-15-30(16-14-29)25(32)17-20-18-28(2)22-9-4-3-8-21(20)22/h3-4,8-11,18-19H,5-7,12-17H2,1-2H3. The number of benzene rings is 1. The average molecular weight is 433 g/mol. The van der Waals surface area contributed by atoms with Crippen molar-refractivity contribution < 1.29 is 4.79 Å². The van der Waals surface area contributed by atoms with Gasteiger partial charge >= 0.3 is 0 Å². The first-order valence-electron chi connectivity index (χ1n) is 11.8. The molecule has 1 unspecified atom stereocenters. The van der Waals surface area contributed by atoms with E-state index in [1.165, 1.54) is 30.2 Å². The second-order valence-corrected chi connectivity index (χ2v) is 9.11. The van der Waals surface area contributed by atoms with Gasteiger partial charge in [-0.05, 0) is 49.9 Å². The lowest BCUT2D eigenvalue weighted by Gasteiger charge is -2.36. The van der Waals surface area contributed by atoms with E-state index in [0.717, 1.165) is 49.9 Å². The maximum absolute atomic E-state index is 13.0. The Labute approximate surface area is 189 Å². The van der Waals surface area contributed by atoms with Crippen LogP contribution in [0.1, 0.15) is 31.7 Å². The molecule has 2 fully saturated rings. The summed E-state index contributed by atoms with van der Waals surface area (Å²) in [6.07, 6.45) is 6.27. The molecule has 2 aliphatic heterocycles. The molecule has 1 atom stereocenters. The fourth-order valence-corrected chi connectivity index (χ4v) is 5.10. The molecule has 4 heterocycles. The maximum Gasteiger partial charge on any atom is 0.227 e. The number of fused-ring (bicyclic) bond motifs is 1. The Kier molecular flexibility index (Phi) is 5.72. The molecule has 7 nitrogen and oxygen atoms in total. The summed E-state index contributed by atoms with van der Waals surface area (Å²) in [6.45, 7) is 6.34. The number of carbonyl (C=O) groups is 1. The molecule has 32 heavy (non-hydrogen) atoms. The lowest BCUT2D eigenvalue weighted by atomic mass is 10.0. The van der Waals surface area contributed by atoms with E-state index in [1.54, 1.807) is 0 Å². The van der Waals surface area contributed by atoms with Crippen LogP contribution in [0.25, 0.3) is 10.9 Å². The lowest BCUT2D eigenvalue weighted by molar-refractivity contribution is -0.130. The zero-order valence-corrected chi connectivity index (χ0v) is 19.1. The SMILES string of the molecule is CC1CCCCN1c1ccc(N2CCN(C(=O)Cc3cn(C)c4ccccc34)CC2)nn1. The van der Waals surface area contributed by atoms with Crippen LogP contribution in [-0.4, -0.2) is 64.3 Å². The third kappa shape index (κ3) is 4.04. The fraction of sp³-hybridized carbons (Fsp3) is 0.480. The molecule has 0 N–H and O–H groups in total. The maximum atomic E-state index is 13.0. The van der Waals surface area contributed by atoms with Crippen LogP contribution in [0.3, 0.4) is 0 Å². The number of hydrogen-bond donors (Lipinski definition) is 0. The summed E-state index contributed by atoms with van der Waals surface area (Å²) in [5.74, 6) is 2.07. The first-order valence-corrected chi connectivity index (χ1v) is 11.8. The van der Waals surface area contributed by atoms with Gasteiger partial charge in [0.05, 0.1) is 6.42 Å². The second-order valence-electron chi connectivity index (χ2n) is 9.11. The zero-order chi connectivity index (χ0) is 22.1. The highest BCUT2D eigenvalue weighted by Crippen LogP contribution is 2.24. The van der Waals surface area contributed by atoms with E-state index in [9.17, 15) is 4.79 Å². The molecular weight excluding hydrogens is 400 g/mol. The minimum Gasteiger partial charge on any atom is -0.352 e. The van der Waals surface area contributed by atoms with Crippen LogP contribution in [0.15, 0.2) is 42.6 Å². The van der Waals surface area contributed by atoms with E-state index in [-0.39, 0.29) is 5.91 Å². The number of anilines is 2. The third-order valence-electron chi connectivity index (χ3n) is 7.01. The minimum absolute atomic E-state index is 0.196. The number of amides is 1. The van der Waals surface area contributed by atoms with Crippen molar-refractivity contribution in [1.29, 1.82) is 0 Å². The van der Waals surface area contributed by atoms with Gasteiger partial charge in [0, 0.05) is 62.9 Å². The number of hydrogen-bond acceptors (Lipinski definition) is 5. The summed E-state index contributed by atoms with van der Waals surface area (Å²) in [4.78, 5) is 19.6. The molecule has 2 aliphatic rings. The first-order chi connectivity index (χ1) is 15.6. The monoisotopic (exact) mass is 432 g/mol. The van der Waals surface area contributed by atoms with Crippen LogP contribution in [-0.2, 0) is 18.3 Å². The molecule has 0 radical (unpaired) electrons. The predicted molar refractivity (Wildman–Crippen MR) is 128 cm³/mol. The van der Waals surface area contributed by atoms with Crippen molar-refractivity contribution in [3.05, 3.63) is 48.2 Å². The van der Waals surface area contributed by atoms with Gasteiger partial charge in [-0.2, -0.15) is 0 Å². The van der Waals surface area contributed by atoms with Crippen molar-refractivity contribution in [2.45, 2.75) is 38.6 Å². The molecule has 2 saturated heterocycles. The number of nitrogens with zero attached hydrogens (tertiary/aromatic N) is 6. The van der Waals surface area contributed by atoms with Gasteiger partial charge < -0.3 is 19.3 Å². The number of piperidine rings is 1. The smallest absolute Gasteiger partial charge is 0.227 e. The zero-order valence-electron chi connectivity index (χ0n) is 19.1. The van der Waals surface area contributed by atoms with Gasteiger partial charge in [0.15, 0.2) is 11.6 Å². The highest BCUT2D eigenvalue weighted by molar-refractivity contribution is 5.89. The topological polar surface area (TPSA) is 57.5 Å². The van der Waals surface area contributed by atoms with Crippen molar-refractivity contribution in [1.82, 2.24) is 19.7 Å². The number of rotatable bonds is 4. The largest absolute Gasteiger partial charge is 0.352 e. The average Bonchev–Trinajstić information content (AvgIpc) is 3.15. The molecule has 0 spiro atoms. The van der Waals surface area contributed by atoms with Gasteiger partial charge in [0.2, 0.25) is 5.91 Å². The molecule has 2 aromatic heterocycles. The number of aromatic nitrogens is 3. The van der Waals surface area contributed by atoms with Gasteiger partial charge in [-0.25, -0.2) is 0 Å². The van der Waals surface area contributed by atoms with Gasteiger partial charge in [-0.15, -0.1) is 10.2 Å². The van der Waals surface area contributed by atoms with Crippen LogP contribution >= 0.6 is 0 Å². The third-order valence-corrected chi connectivity index (χ3v) is 7.01. The quantitative estimate of drug-likeness (QED) is 0.634. The molecular formula is C25H32N6O. The summed E-state index contributed by atoms with van der Waals surface area (Å²) in [5.41, 5.74) is 2.27. The molecule has 0 bridgehead atoms. The van der Waals surface area contributed by atoms with Crippen LogP contribution in [0.4, 0.5) is 11.6 Å². The van der Waals surface area contributed by atoms with Crippen LogP contribution in [0.2, 0.25) is 0 Å². The molecule has 5 rings (SSSR count). The predicted octanol–water partition coefficient (Wildman–Crippen LogP) is 3.24. The molecule has 7 heteroatoms. The summed E-state index contributed by atoms with van der Waals surface area (Å²) >= 11 is 0. The van der Waals surface area contributed by atoms with Gasteiger partial charge in [-0.1, -0.05) is 18.2 Å². The Bertz CT molecular complexity index is 1080. The van der Waals surface area contributed by atoms with Crippen LogP contribution in [0, 0.1) is 0 Å². The summed E-state index contributed by atoms with van der Waals surface area (Å²) < 4.78 is 2.10. The van der Waals surface area contributed by atoms with E-state index in [0.29, 0.717) is 12.5 Å². The van der Waals surface area contributed by atoms with E-state index in [4.69, 9.17) is 0 Å². The van der Waals surface area contributed by atoms with Crippen molar-refractivity contribution >= 4 is 28.4 Å². The molecule has 0 aliphatic carbocycles. The molecule has 1 aromatic carbocycles. The Morgan fingerprint density at radius 3 is 2.47 bits per heavy atom. The number of carbonyl (C=O) groups excluding carboxylic acids is 1. The van der Waals surface area contributed by atoms with E-state index in [1.807, 2.05) is 24.1 Å². The fourth-order valence-electron chi connectivity index (χ4n) is 5.10. The van der Waals surface area contributed by atoms with Crippen molar-refractivity contribution in [2.75, 3.05) is 42.5 Å². The Balaban J connectivity index is 1.19. The van der Waals surface area contributed by atoms with E-state index < -0.39 is 0 Å². The normalized spacial score (nSPS) is 19.6. The highest BCUT2D eigenvalue weighted by Gasteiger charge is 2.24.